The molecular formula is C15H13NO3. The number of carboxylic acids is 1. The number of aromatic carboxylic acids is 1. The molecule has 1 heterocycles. The summed E-state index contributed by atoms with van der Waals surface area (Å²) in [4.78, 5) is 10.7. The van der Waals surface area contributed by atoms with Gasteiger partial charge in [-0.2, -0.15) is 5.26 Å². The van der Waals surface area contributed by atoms with Crippen molar-refractivity contribution in [3.05, 3.63) is 59.0 Å². The fraction of sp³-hybridized carbons (Fsp3) is 0.200. The van der Waals surface area contributed by atoms with Gasteiger partial charge in [0.05, 0.1) is 6.07 Å². The Morgan fingerprint density at radius 3 is 2.53 bits per heavy atom. The normalized spacial score (nSPS) is 11.8. The summed E-state index contributed by atoms with van der Waals surface area (Å²) in [5, 5.41) is 18.0. The minimum atomic E-state index is -1.13. The highest BCUT2D eigenvalue weighted by Crippen LogP contribution is 2.22. The van der Waals surface area contributed by atoms with Crippen LogP contribution in [0, 0.1) is 18.3 Å². The van der Waals surface area contributed by atoms with Gasteiger partial charge in [0, 0.05) is 0 Å². The lowest BCUT2D eigenvalue weighted by Gasteiger charge is -2.06. The van der Waals surface area contributed by atoms with Gasteiger partial charge in [0.15, 0.2) is 0 Å². The summed E-state index contributed by atoms with van der Waals surface area (Å²) >= 11 is 0. The molecule has 0 aliphatic rings. The van der Waals surface area contributed by atoms with Crippen LogP contribution >= 0.6 is 0 Å². The SMILES string of the molecule is Cc1ccc(CC(C#N)c2ccc(C(=O)O)o2)cc1. The molecule has 0 amide bonds. The Bertz CT molecular complexity index is 620. The van der Waals surface area contributed by atoms with Crippen molar-refractivity contribution in [3.8, 4) is 6.07 Å². The van der Waals surface area contributed by atoms with Crippen LogP contribution in [0.2, 0.25) is 0 Å². The average Bonchev–Trinajstić information content (AvgIpc) is 2.88. The Morgan fingerprint density at radius 1 is 1.32 bits per heavy atom. The zero-order valence-corrected chi connectivity index (χ0v) is 10.5. The summed E-state index contributed by atoms with van der Waals surface area (Å²) in [6, 6.07) is 12.9. The lowest BCUT2D eigenvalue weighted by molar-refractivity contribution is 0.0660. The van der Waals surface area contributed by atoms with E-state index in [2.05, 4.69) is 6.07 Å². The molecule has 2 rings (SSSR count). The van der Waals surface area contributed by atoms with Gasteiger partial charge in [0.25, 0.3) is 0 Å². The van der Waals surface area contributed by atoms with Crippen LogP contribution in [0.1, 0.15) is 33.4 Å². The first-order chi connectivity index (χ1) is 9.10. The van der Waals surface area contributed by atoms with Crippen LogP contribution in [0.3, 0.4) is 0 Å². The number of nitrogens with zero attached hydrogens (tertiary/aromatic N) is 1. The van der Waals surface area contributed by atoms with Crippen molar-refractivity contribution >= 4 is 5.97 Å². The van der Waals surface area contributed by atoms with Gasteiger partial charge >= 0.3 is 5.97 Å². The summed E-state index contributed by atoms with van der Waals surface area (Å²) in [5.41, 5.74) is 2.17. The zero-order chi connectivity index (χ0) is 13.8. The number of nitriles is 1. The monoisotopic (exact) mass is 255 g/mol. The van der Waals surface area contributed by atoms with Crippen LogP contribution in [0.15, 0.2) is 40.8 Å². The second kappa shape index (κ2) is 5.40. The molecule has 0 fully saturated rings. The fourth-order valence-corrected chi connectivity index (χ4v) is 1.82. The van der Waals surface area contributed by atoms with E-state index in [1.54, 1.807) is 6.07 Å². The van der Waals surface area contributed by atoms with Crippen LogP contribution in [-0.2, 0) is 6.42 Å². The first kappa shape index (κ1) is 12.9. The van der Waals surface area contributed by atoms with Gasteiger partial charge in [-0.05, 0) is 31.0 Å². The van der Waals surface area contributed by atoms with Crippen molar-refractivity contribution in [2.75, 3.05) is 0 Å². The van der Waals surface area contributed by atoms with Gasteiger partial charge in [-0.3, -0.25) is 0 Å². The van der Waals surface area contributed by atoms with E-state index in [0.29, 0.717) is 12.2 Å². The molecule has 0 spiro atoms. The molecule has 96 valence electrons. The second-order valence-corrected chi connectivity index (χ2v) is 4.38. The minimum Gasteiger partial charge on any atom is -0.475 e. The number of rotatable bonds is 4. The topological polar surface area (TPSA) is 74.2 Å². The predicted octanol–water partition coefficient (Wildman–Crippen LogP) is 3.14. The van der Waals surface area contributed by atoms with E-state index in [0.717, 1.165) is 11.1 Å². The molecule has 1 N–H and O–H groups in total. The van der Waals surface area contributed by atoms with Gasteiger partial charge in [0.1, 0.15) is 11.7 Å². The van der Waals surface area contributed by atoms with Crippen LogP contribution in [0.5, 0.6) is 0 Å². The summed E-state index contributed by atoms with van der Waals surface area (Å²) in [7, 11) is 0. The summed E-state index contributed by atoms with van der Waals surface area (Å²) in [6.07, 6.45) is 0.503. The van der Waals surface area contributed by atoms with Gasteiger partial charge in [-0.15, -0.1) is 0 Å². The van der Waals surface area contributed by atoms with Gasteiger partial charge in [0.2, 0.25) is 5.76 Å². The lowest BCUT2D eigenvalue weighted by Crippen LogP contribution is -1.99. The summed E-state index contributed by atoms with van der Waals surface area (Å²) in [6.45, 7) is 2.00. The maximum absolute atomic E-state index is 10.7. The largest absolute Gasteiger partial charge is 0.475 e. The van der Waals surface area contributed by atoms with Gasteiger partial charge in [-0.1, -0.05) is 29.8 Å². The molecule has 1 aromatic heterocycles. The summed E-state index contributed by atoms with van der Waals surface area (Å²) < 4.78 is 5.17. The highest BCUT2D eigenvalue weighted by Gasteiger charge is 2.18. The van der Waals surface area contributed by atoms with Gasteiger partial charge in [-0.25, -0.2) is 4.79 Å². The number of hydrogen-bond acceptors (Lipinski definition) is 3. The third-order valence-corrected chi connectivity index (χ3v) is 2.90. The van der Waals surface area contributed by atoms with Crippen molar-refractivity contribution in [1.29, 1.82) is 5.26 Å². The first-order valence-corrected chi connectivity index (χ1v) is 5.88. The number of carbonyl (C=O) groups is 1. The van der Waals surface area contributed by atoms with E-state index in [1.165, 1.54) is 6.07 Å². The highest BCUT2D eigenvalue weighted by atomic mass is 16.4. The number of benzene rings is 1. The van der Waals surface area contributed by atoms with E-state index >= 15 is 0 Å². The Hall–Kier alpha value is -2.54. The van der Waals surface area contributed by atoms with E-state index in [4.69, 9.17) is 9.52 Å². The Kier molecular flexibility index (Phi) is 3.67. The molecule has 1 unspecified atom stereocenters. The smallest absolute Gasteiger partial charge is 0.371 e. The molecule has 1 atom stereocenters. The molecule has 0 saturated carbocycles. The minimum absolute atomic E-state index is 0.140. The van der Waals surface area contributed by atoms with Crippen LogP contribution in [0.25, 0.3) is 0 Å². The predicted molar refractivity (Wildman–Crippen MR) is 68.9 cm³/mol. The molecule has 4 nitrogen and oxygen atoms in total. The second-order valence-electron chi connectivity index (χ2n) is 4.38. The molecule has 19 heavy (non-hydrogen) atoms. The molecule has 0 radical (unpaired) electrons. The van der Waals surface area contributed by atoms with Crippen molar-refractivity contribution in [2.24, 2.45) is 0 Å². The molecular weight excluding hydrogens is 242 g/mol. The van der Waals surface area contributed by atoms with E-state index in [9.17, 15) is 10.1 Å². The quantitative estimate of drug-likeness (QED) is 0.910. The lowest BCUT2D eigenvalue weighted by atomic mass is 9.98. The van der Waals surface area contributed by atoms with Gasteiger partial charge < -0.3 is 9.52 Å². The fourth-order valence-electron chi connectivity index (χ4n) is 1.82. The van der Waals surface area contributed by atoms with Crippen molar-refractivity contribution in [2.45, 2.75) is 19.3 Å². The number of hydrogen-bond donors (Lipinski definition) is 1. The standard InChI is InChI=1S/C15H13NO3/c1-10-2-4-11(5-3-10)8-12(9-16)13-6-7-14(19-13)15(17)18/h2-7,12H,8H2,1H3,(H,17,18). The van der Waals surface area contributed by atoms with E-state index < -0.39 is 11.9 Å². The van der Waals surface area contributed by atoms with E-state index in [-0.39, 0.29) is 5.76 Å². The first-order valence-electron chi connectivity index (χ1n) is 5.88. The third kappa shape index (κ3) is 3.02. The number of furan rings is 1. The maximum Gasteiger partial charge on any atom is 0.371 e. The Balaban J connectivity index is 2.18. The zero-order valence-electron chi connectivity index (χ0n) is 10.5. The number of aryl methyl sites for hydroxylation is 1. The van der Waals surface area contributed by atoms with Crippen LogP contribution in [0.4, 0.5) is 0 Å². The van der Waals surface area contributed by atoms with Crippen molar-refractivity contribution < 1.29 is 14.3 Å². The Morgan fingerprint density at radius 2 is 2.00 bits per heavy atom. The molecule has 0 bridgehead atoms. The Labute approximate surface area is 110 Å². The molecule has 0 saturated heterocycles. The van der Waals surface area contributed by atoms with Crippen LogP contribution in [-0.4, -0.2) is 11.1 Å². The maximum atomic E-state index is 10.7. The summed E-state index contributed by atoms with van der Waals surface area (Å²) in [5.74, 6) is -1.35. The molecule has 0 aliphatic carbocycles. The molecule has 0 aliphatic heterocycles. The van der Waals surface area contributed by atoms with Crippen molar-refractivity contribution in [3.63, 3.8) is 0 Å². The average molecular weight is 255 g/mol. The van der Waals surface area contributed by atoms with Crippen molar-refractivity contribution in [1.82, 2.24) is 0 Å². The van der Waals surface area contributed by atoms with E-state index in [1.807, 2.05) is 31.2 Å². The third-order valence-electron chi connectivity index (χ3n) is 2.90. The molecule has 2 aromatic rings. The molecule has 1 aromatic carbocycles. The number of carboxylic acid groups (broad SMARTS) is 1. The van der Waals surface area contributed by atoms with Crippen LogP contribution < -0.4 is 0 Å². The molecule has 4 heteroatoms. The highest BCUT2D eigenvalue weighted by molar-refractivity contribution is 5.84.